The third-order valence-electron chi connectivity index (χ3n) is 3.81. The van der Waals surface area contributed by atoms with E-state index >= 15 is 0 Å². The lowest BCUT2D eigenvalue weighted by molar-refractivity contribution is 0.0676. The third-order valence-corrected chi connectivity index (χ3v) is 3.81. The summed E-state index contributed by atoms with van der Waals surface area (Å²) in [5, 5.41) is 9.96. The van der Waals surface area contributed by atoms with E-state index in [1.165, 1.54) is 5.56 Å². The van der Waals surface area contributed by atoms with Gasteiger partial charge in [0.1, 0.15) is 5.75 Å². The first-order valence-electron chi connectivity index (χ1n) is 6.30. The summed E-state index contributed by atoms with van der Waals surface area (Å²) in [5.41, 5.74) is 0.818. The largest absolute Gasteiger partial charge is 0.493 e. The van der Waals surface area contributed by atoms with Crippen LogP contribution in [-0.4, -0.2) is 41.8 Å². The Balaban J connectivity index is 1.68. The Hall–Kier alpha value is -1.06. The normalized spacial score (nSPS) is 32.5. The van der Waals surface area contributed by atoms with Gasteiger partial charge in [0.25, 0.3) is 0 Å². The van der Waals surface area contributed by atoms with Gasteiger partial charge >= 0.3 is 0 Å². The minimum absolute atomic E-state index is 0.458. The molecule has 1 fully saturated rings. The lowest BCUT2D eigenvalue weighted by atomic mass is 10.0. The second-order valence-electron chi connectivity index (χ2n) is 5.53. The zero-order valence-electron chi connectivity index (χ0n) is 10.2. The van der Waals surface area contributed by atoms with Crippen LogP contribution in [0, 0.1) is 0 Å². The average Bonchev–Trinajstić information content (AvgIpc) is 2.84. The van der Waals surface area contributed by atoms with Crippen LogP contribution in [0.3, 0.4) is 0 Å². The van der Waals surface area contributed by atoms with Gasteiger partial charge in [0.15, 0.2) is 0 Å². The number of benzene rings is 1. The first-order valence-corrected chi connectivity index (χ1v) is 6.30. The molecule has 3 rings (SSSR count). The van der Waals surface area contributed by atoms with E-state index in [9.17, 15) is 5.11 Å². The van der Waals surface area contributed by atoms with Gasteiger partial charge < -0.3 is 9.84 Å². The van der Waals surface area contributed by atoms with Gasteiger partial charge in [-0.2, -0.15) is 0 Å². The van der Waals surface area contributed by atoms with Crippen LogP contribution >= 0.6 is 0 Å². The Bertz CT molecular complexity index is 416. The maximum absolute atomic E-state index is 9.96. The summed E-state index contributed by atoms with van der Waals surface area (Å²) in [7, 11) is 0. The second kappa shape index (κ2) is 4.00. The molecular formula is C14H19NO2. The number of fused-ring (bicyclic) bond motifs is 1. The molecular weight excluding hydrogens is 214 g/mol. The first kappa shape index (κ1) is 11.1. The molecule has 92 valence electrons. The van der Waals surface area contributed by atoms with E-state index in [0.29, 0.717) is 5.92 Å². The molecule has 1 aromatic rings. The molecule has 0 radical (unpaired) electrons. The Labute approximate surface area is 102 Å². The number of hydrogen-bond acceptors (Lipinski definition) is 3. The highest BCUT2D eigenvalue weighted by Gasteiger charge is 2.34. The zero-order valence-corrected chi connectivity index (χ0v) is 10.2. The molecule has 3 nitrogen and oxygen atoms in total. The Morgan fingerprint density at radius 1 is 1.47 bits per heavy atom. The predicted molar refractivity (Wildman–Crippen MR) is 66.4 cm³/mol. The number of ether oxygens (including phenoxy) is 1. The van der Waals surface area contributed by atoms with E-state index in [4.69, 9.17) is 4.74 Å². The predicted octanol–water partition coefficient (Wildman–Crippen LogP) is 1.62. The molecule has 0 aliphatic carbocycles. The van der Waals surface area contributed by atoms with E-state index in [1.807, 2.05) is 19.1 Å². The maximum atomic E-state index is 9.96. The number of nitrogens with zero attached hydrogens (tertiary/aromatic N) is 1. The van der Waals surface area contributed by atoms with Crippen LogP contribution in [0.25, 0.3) is 0 Å². The van der Waals surface area contributed by atoms with E-state index in [-0.39, 0.29) is 0 Å². The highest BCUT2D eigenvalue weighted by atomic mass is 16.5. The van der Waals surface area contributed by atoms with E-state index in [1.54, 1.807) is 0 Å². The van der Waals surface area contributed by atoms with Crippen LogP contribution in [0.15, 0.2) is 24.3 Å². The molecule has 0 bridgehead atoms. The van der Waals surface area contributed by atoms with Gasteiger partial charge in [-0.1, -0.05) is 18.2 Å². The average molecular weight is 233 g/mol. The van der Waals surface area contributed by atoms with Gasteiger partial charge in [-0.3, -0.25) is 4.90 Å². The minimum Gasteiger partial charge on any atom is -0.493 e. The number of aliphatic hydroxyl groups is 1. The minimum atomic E-state index is -0.501. The molecule has 3 heteroatoms. The highest BCUT2D eigenvalue weighted by Crippen LogP contribution is 2.35. The molecule has 2 heterocycles. The van der Waals surface area contributed by atoms with Gasteiger partial charge in [0, 0.05) is 31.1 Å². The molecule has 2 aliphatic heterocycles. The molecule has 2 unspecified atom stereocenters. The van der Waals surface area contributed by atoms with Crippen molar-refractivity contribution in [1.29, 1.82) is 0 Å². The molecule has 0 spiro atoms. The van der Waals surface area contributed by atoms with Crippen molar-refractivity contribution in [2.24, 2.45) is 0 Å². The van der Waals surface area contributed by atoms with Gasteiger partial charge in [0.05, 0.1) is 12.2 Å². The Kier molecular flexibility index (Phi) is 2.60. The molecule has 2 atom stereocenters. The lowest BCUT2D eigenvalue weighted by Gasteiger charge is -2.21. The molecule has 2 aliphatic rings. The fourth-order valence-electron chi connectivity index (χ4n) is 2.89. The van der Waals surface area contributed by atoms with Gasteiger partial charge in [0.2, 0.25) is 0 Å². The van der Waals surface area contributed by atoms with Crippen LogP contribution in [0.5, 0.6) is 5.75 Å². The van der Waals surface area contributed by atoms with E-state index < -0.39 is 5.60 Å². The van der Waals surface area contributed by atoms with Crippen LogP contribution in [0.4, 0.5) is 0 Å². The number of likely N-dealkylation sites (tertiary alicyclic amines) is 1. The summed E-state index contributed by atoms with van der Waals surface area (Å²) in [4.78, 5) is 2.34. The summed E-state index contributed by atoms with van der Waals surface area (Å²) in [6.07, 6.45) is 0.877. The number of β-amino-alcohol motifs (C(OH)–C–C–N with tert-alkyl or cyclic N) is 1. The van der Waals surface area contributed by atoms with Crippen molar-refractivity contribution in [2.45, 2.75) is 24.9 Å². The quantitative estimate of drug-likeness (QED) is 0.842. The summed E-state index contributed by atoms with van der Waals surface area (Å²) >= 11 is 0. The molecule has 0 amide bonds. The van der Waals surface area contributed by atoms with Crippen molar-refractivity contribution < 1.29 is 9.84 Å². The zero-order chi connectivity index (χ0) is 11.9. The van der Waals surface area contributed by atoms with Crippen LogP contribution in [0.2, 0.25) is 0 Å². The van der Waals surface area contributed by atoms with E-state index in [2.05, 4.69) is 17.0 Å². The first-order chi connectivity index (χ1) is 8.14. The van der Waals surface area contributed by atoms with Crippen molar-refractivity contribution in [3.05, 3.63) is 29.8 Å². The summed E-state index contributed by atoms with van der Waals surface area (Å²) in [5.74, 6) is 1.49. The summed E-state index contributed by atoms with van der Waals surface area (Å²) < 4.78 is 5.68. The lowest BCUT2D eigenvalue weighted by Crippen LogP contribution is -2.32. The maximum Gasteiger partial charge on any atom is 0.122 e. The Morgan fingerprint density at radius 3 is 3.06 bits per heavy atom. The van der Waals surface area contributed by atoms with E-state index in [0.717, 1.165) is 38.4 Å². The Morgan fingerprint density at radius 2 is 2.29 bits per heavy atom. The van der Waals surface area contributed by atoms with Crippen LogP contribution < -0.4 is 4.74 Å². The number of rotatable bonds is 2. The monoisotopic (exact) mass is 233 g/mol. The molecule has 17 heavy (non-hydrogen) atoms. The van der Waals surface area contributed by atoms with Crippen molar-refractivity contribution in [1.82, 2.24) is 4.90 Å². The second-order valence-corrected chi connectivity index (χ2v) is 5.53. The molecule has 0 aromatic heterocycles. The van der Waals surface area contributed by atoms with Crippen molar-refractivity contribution in [3.63, 3.8) is 0 Å². The summed E-state index contributed by atoms with van der Waals surface area (Å²) in [6.45, 7) is 5.47. The van der Waals surface area contributed by atoms with Crippen molar-refractivity contribution in [3.8, 4) is 5.75 Å². The van der Waals surface area contributed by atoms with Gasteiger partial charge in [-0.15, -0.1) is 0 Å². The fraction of sp³-hybridized carbons (Fsp3) is 0.571. The SMILES string of the molecule is CC1(O)CCN(CC2COc3ccccc32)C1. The summed E-state index contributed by atoms with van der Waals surface area (Å²) in [6, 6.07) is 8.28. The fourth-order valence-corrected chi connectivity index (χ4v) is 2.89. The molecule has 0 saturated carbocycles. The molecule has 1 N–H and O–H groups in total. The topological polar surface area (TPSA) is 32.7 Å². The third kappa shape index (κ3) is 2.17. The van der Waals surface area contributed by atoms with Gasteiger partial charge in [-0.25, -0.2) is 0 Å². The van der Waals surface area contributed by atoms with Crippen LogP contribution in [0.1, 0.15) is 24.8 Å². The molecule has 1 saturated heterocycles. The standard InChI is InChI=1S/C14H19NO2/c1-14(16)6-7-15(10-14)8-11-9-17-13-5-3-2-4-12(11)13/h2-5,11,16H,6-10H2,1H3. The number of hydrogen-bond donors (Lipinski definition) is 1. The highest BCUT2D eigenvalue weighted by molar-refractivity contribution is 5.39. The van der Waals surface area contributed by atoms with Gasteiger partial charge in [-0.05, 0) is 19.4 Å². The van der Waals surface area contributed by atoms with Crippen molar-refractivity contribution in [2.75, 3.05) is 26.2 Å². The number of para-hydroxylation sites is 1. The smallest absolute Gasteiger partial charge is 0.122 e. The van der Waals surface area contributed by atoms with Crippen molar-refractivity contribution >= 4 is 0 Å². The molecule has 1 aromatic carbocycles. The van der Waals surface area contributed by atoms with Crippen LogP contribution in [-0.2, 0) is 0 Å².